The zero-order chi connectivity index (χ0) is 31.5. The number of hydrogen-bond acceptors (Lipinski definition) is 10. The van der Waals surface area contributed by atoms with E-state index in [0.717, 1.165) is 11.1 Å². The fraction of sp³-hybridized carbons (Fsp3) is 0.152. The number of ether oxygens (including phenoxy) is 2. The van der Waals surface area contributed by atoms with E-state index in [2.05, 4.69) is 10.2 Å². The average molecular weight is 660 g/mol. The van der Waals surface area contributed by atoms with Crippen LogP contribution in [-0.2, 0) is 17.2 Å². The molecule has 0 fully saturated rings. The number of aliphatic hydroxyl groups excluding tert-OH is 1. The van der Waals surface area contributed by atoms with E-state index in [1.807, 2.05) is 54.6 Å². The summed E-state index contributed by atoms with van der Waals surface area (Å²) in [5.74, 6) is -0.189. The third kappa shape index (κ3) is 6.32. The number of hydrogen-bond donors (Lipinski definition) is 1. The van der Waals surface area contributed by atoms with Crippen molar-refractivity contribution in [3.8, 4) is 11.5 Å². The number of halogens is 1. The van der Waals surface area contributed by atoms with Crippen LogP contribution in [-0.4, -0.2) is 34.1 Å². The second-order valence-corrected chi connectivity index (χ2v) is 12.6. The second-order valence-electron chi connectivity index (χ2n) is 9.99. The van der Waals surface area contributed by atoms with E-state index in [1.165, 1.54) is 41.2 Å². The molecule has 1 N–H and O–H groups in total. The van der Waals surface area contributed by atoms with Crippen molar-refractivity contribution in [1.82, 2.24) is 10.2 Å². The van der Waals surface area contributed by atoms with Crippen molar-refractivity contribution in [3.05, 3.63) is 129 Å². The summed E-state index contributed by atoms with van der Waals surface area (Å²) in [4.78, 5) is 28.7. The minimum absolute atomic E-state index is 0.00303. The van der Waals surface area contributed by atoms with Gasteiger partial charge in [-0.15, -0.1) is 10.2 Å². The molecule has 6 rings (SSSR count). The van der Waals surface area contributed by atoms with Crippen LogP contribution in [0, 0.1) is 6.92 Å². The molecule has 0 radical (unpaired) electrons. The summed E-state index contributed by atoms with van der Waals surface area (Å²) in [6.07, 6.45) is 0. The molecule has 228 valence electrons. The smallest absolute Gasteiger partial charge is 0.296 e. The average Bonchev–Trinajstić information content (AvgIpc) is 3.77. The number of thioether (sulfide) groups is 1. The Bertz CT molecular complexity index is 1910. The summed E-state index contributed by atoms with van der Waals surface area (Å²) in [5, 5.41) is 20.5. The minimum Gasteiger partial charge on any atom is -0.503 e. The van der Waals surface area contributed by atoms with Gasteiger partial charge >= 0.3 is 0 Å². The predicted molar refractivity (Wildman–Crippen MR) is 172 cm³/mol. The molecule has 12 heteroatoms. The lowest BCUT2D eigenvalue weighted by atomic mass is 9.95. The standard InChI is InChI=1S/C33H26ClN3O6S2/c1-19-12-14-25(43-19)29(38)27-28(21-13-15-24(26(16-21)41-2)42-17-20-8-4-3-5-9-20)37(31(40)30(27)39)32-35-36-33(45-32)44-18-22-10-6-7-11-23(22)34/h3-16,28,39H,17-18H2,1-2H3. The van der Waals surface area contributed by atoms with E-state index >= 15 is 0 Å². The molecule has 0 saturated heterocycles. The number of aliphatic hydroxyl groups is 1. The van der Waals surface area contributed by atoms with Crippen LogP contribution in [0.15, 0.2) is 105 Å². The lowest BCUT2D eigenvalue weighted by Crippen LogP contribution is -2.31. The lowest BCUT2D eigenvalue weighted by Gasteiger charge is -2.24. The number of amides is 1. The van der Waals surface area contributed by atoms with Gasteiger partial charge in [-0.05, 0) is 53.9 Å². The van der Waals surface area contributed by atoms with Crippen LogP contribution in [0.4, 0.5) is 5.13 Å². The van der Waals surface area contributed by atoms with Gasteiger partial charge in [-0.1, -0.05) is 89.3 Å². The van der Waals surface area contributed by atoms with Crippen LogP contribution in [0.25, 0.3) is 0 Å². The van der Waals surface area contributed by atoms with Crippen molar-refractivity contribution in [2.75, 3.05) is 12.0 Å². The molecular weight excluding hydrogens is 634 g/mol. The fourth-order valence-corrected chi connectivity index (χ4v) is 7.01. The monoisotopic (exact) mass is 659 g/mol. The number of anilines is 1. The summed E-state index contributed by atoms with van der Waals surface area (Å²) in [7, 11) is 1.50. The lowest BCUT2D eigenvalue weighted by molar-refractivity contribution is -0.117. The Labute approximate surface area is 272 Å². The van der Waals surface area contributed by atoms with E-state index in [1.54, 1.807) is 31.2 Å². The third-order valence-electron chi connectivity index (χ3n) is 7.07. The Balaban J connectivity index is 1.35. The number of nitrogens with zero attached hydrogens (tertiary/aromatic N) is 3. The number of methoxy groups -OCH3 is 1. The van der Waals surface area contributed by atoms with Gasteiger partial charge in [0.15, 0.2) is 27.4 Å². The van der Waals surface area contributed by atoms with Crippen LogP contribution in [0.5, 0.6) is 11.5 Å². The number of benzene rings is 3. The molecule has 3 aromatic carbocycles. The molecule has 0 spiro atoms. The van der Waals surface area contributed by atoms with Crippen molar-refractivity contribution >= 4 is 51.5 Å². The van der Waals surface area contributed by atoms with E-state index in [-0.39, 0.29) is 16.5 Å². The van der Waals surface area contributed by atoms with E-state index in [9.17, 15) is 14.7 Å². The number of aromatic nitrogens is 2. The first kappa shape index (κ1) is 30.4. The zero-order valence-electron chi connectivity index (χ0n) is 24.1. The van der Waals surface area contributed by atoms with Crippen LogP contribution in [0.1, 0.15) is 39.0 Å². The highest BCUT2D eigenvalue weighted by Gasteiger charge is 2.47. The quantitative estimate of drug-likeness (QED) is 0.0863. The van der Waals surface area contributed by atoms with Crippen molar-refractivity contribution in [1.29, 1.82) is 0 Å². The van der Waals surface area contributed by atoms with Crippen LogP contribution >= 0.6 is 34.7 Å². The fourth-order valence-electron chi connectivity index (χ4n) is 4.86. The SMILES string of the molecule is COc1cc(C2C(C(=O)c3ccc(C)o3)=C(O)C(=O)N2c2nnc(SCc3ccccc3Cl)s2)ccc1OCc1ccccc1. The molecular formula is C33H26ClN3O6S2. The maximum Gasteiger partial charge on any atom is 0.296 e. The van der Waals surface area contributed by atoms with E-state index < -0.39 is 23.5 Å². The highest BCUT2D eigenvalue weighted by Crippen LogP contribution is 2.45. The van der Waals surface area contributed by atoms with Gasteiger partial charge in [0.25, 0.3) is 5.91 Å². The Morgan fingerprint density at radius 1 is 1.04 bits per heavy atom. The van der Waals surface area contributed by atoms with Gasteiger partial charge in [0.05, 0.1) is 18.7 Å². The predicted octanol–water partition coefficient (Wildman–Crippen LogP) is 7.76. The summed E-state index contributed by atoms with van der Waals surface area (Å²) < 4.78 is 17.8. The summed E-state index contributed by atoms with van der Waals surface area (Å²) in [6.45, 7) is 2.02. The van der Waals surface area contributed by atoms with Gasteiger partial charge in [0, 0.05) is 10.8 Å². The van der Waals surface area contributed by atoms with Crippen molar-refractivity contribution < 1.29 is 28.6 Å². The molecule has 1 aliphatic rings. The zero-order valence-corrected chi connectivity index (χ0v) is 26.5. The second kappa shape index (κ2) is 13.2. The van der Waals surface area contributed by atoms with Gasteiger partial charge < -0.3 is 19.0 Å². The Kier molecular flexibility index (Phi) is 8.92. The van der Waals surface area contributed by atoms with Gasteiger partial charge in [-0.2, -0.15) is 0 Å². The molecule has 3 heterocycles. The maximum atomic E-state index is 13.8. The van der Waals surface area contributed by atoms with Crippen LogP contribution < -0.4 is 14.4 Å². The molecule has 1 amide bonds. The van der Waals surface area contributed by atoms with Gasteiger partial charge in [0.2, 0.25) is 10.9 Å². The topological polar surface area (TPSA) is 115 Å². The molecule has 0 saturated carbocycles. The normalized spacial score (nSPS) is 14.7. The van der Waals surface area contributed by atoms with Crippen LogP contribution in [0.3, 0.4) is 0 Å². The molecule has 45 heavy (non-hydrogen) atoms. The van der Waals surface area contributed by atoms with Crippen molar-refractivity contribution in [2.24, 2.45) is 0 Å². The number of carbonyl (C=O) groups excluding carboxylic acids is 2. The molecule has 0 bridgehead atoms. The number of carbonyl (C=O) groups is 2. The third-order valence-corrected chi connectivity index (χ3v) is 9.54. The summed E-state index contributed by atoms with van der Waals surface area (Å²) >= 11 is 8.89. The van der Waals surface area contributed by atoms with Crippen molar-refractivity contribution in [3.63, 3.8) is 0 Å². The molecule has 1 aliphatic heterocycles. The number of rotatable bonds is 11. The number of Topliss-reactive ketones (excluding diaryl/α,β-unsaturated/α-hetero) is 1. The van der Waals surface area contributed by atoms with Crippen LogP contribution in [0.2, 0.25) is 5.02 Å². The Morgan fingerprint density at radius 3 is 2.56 bits per heavy atom. The van der Waals surface area contributed by atoms with E-state index in [0.29, 0.717) is 44.5 Å². The first-order valence-electron chi connectivity index (χ1n) is 13.8. The molecule has 1 atom stereocenters. The van der Waals surface area contributed by atoms with Crippen molar-refractivity contribution in [2.45, 2.75) is 29.7 Å². The molecule has 0 aliphatic carbocycles. The van der Waals surface area contributed by atoms with E-state index in [4.69, 9.17) is 25.5 Å². The van der Waals surface area contributed by atoms with Gasteiger partial charge in [-0.25, -0.2) is 0 Å². The molecule has 1 unspecified atom stereocenters. The number of ketones is 1. The maximum absolute atomic E-state index is 13.8. The molecule has 5 aromatic rings. The number of aryl methyl sites for hydroxylation is 1. The van der Waals surface area contributed by atoms with Gasteiger partial charge in [-0.3, -0.25) is 14.5 Å². The molecule has 9 nitrogen and oxygen atoms in total. The van der Waals surface area contributed by atoms with Gasteiger partial charge in [0.1, 0.15) is 12.4 Å². The Morgan fingerprint density at radius 2 is 1.82 bits per heavy atom. The first-order chi connectivity index (χ1) is 21.8. The highest BCUT2D eigenvalue weighted by atomic mass is 35.5. The summed E-state index contributed by atoms with van der Waals surface area (Å²) in [6, 6.07) is 24.4. The minimum atomic E-state index is -1.05. The number of furan rings is 1. The first-order valence-corrected chi connectivity index (χ1v) is 15.9. The summed E-state index contributed by atoms with van der Waals surface area (Å²) in [5.41, 5.74) is 2.25. The molecule has 2 aromatic heterocycles. The highest BCUT2D eigenvalue weighted by molar-refractivity contribution is 8.00. The Hall–Kier alpha value is -4.58. The largest absolute Gasteiger partial charge is 0.503 e.